The number of aromatic nitrogens is 4. The molecule has 0 spiro atoms. The molecular formula is C33H43N7O2. The Morgan fingerprint density at radius 2 is 1.74 bits per heavy atom. The summed E-state index contributed by atoms with van der Waals surface area (Å²) < 4.78 is 1.88. The number of hydrogen-bond acceptors (Lipinski definition) is 6. The second-order valence-electron chi connectivity index (χ2n) is 11.9. The minimum atomic E-state index is -0.298. The van der Waals surface area contributed by atoms with Crippen LogP contribution in [-0.4, -0.2) is 62.8 Å². The smallest absolute Gasteiger partial charge is 0.272 e. The molecule has 0 radical (unpaired) electrons. The van der Waals surface area contributed by atoms with Gasteiger partial charge in [0.2, 0.25) is 0 Å². The maximum atomic E-state index is 13.5. The highest BCUT2D eigenvalue weighted by Gasteiger charge is 2.22. The Morgan fingerprint density at radius 3 is 2.38 bits per heavy atom. The zero-order valence-electron chi connectivity index (χ0n) is 25.7. The van der Waals surface area contributed by atoms with E-state index in [0.717, 1.165) is 78.1 Å². The summed E-state index contributed by atoms with van der Waals surface area (Å²) in [6.07, 6.45) is 3.61. The van der Waals surface area contributed by atoms with Gasteiger partial charge in [-0.05, 0) is 82.5 Å². The number of fused-ring (bicyclic) bond motifs is 1. The minimum absolute atomic E-state index is 0.0770. The molecule has 1 saturated heterocycles. The monoisotopic (exact) mass is 569 g/mol. The number of aryl methyl sites for hydroxylation is 2. The van der Waals surface area contributed by atoms with Gasteiger partial charge in [-0.3, -0.25) is 19.2 Å². The first-order valence-corrected chi connectivity index (χ1v) is 15.1. The van der Waals surface area contributed by atoms with Crippen LogP contribution in [0.1, 0.15) is 74.4 Å². The van der Waals surface area contributed by atoms with Gasteiger partial charge in [0.15, 0.2) is 5.69 Å². The molecule has 42 heavy (non-hydrogen) atoms. The highest BCUT2D eigenvalue weighted by molar-refractivity contribution is 6.06. The van der Waals surface area contributed by atoms with E-state index in [9.17, 15) is 9.59 Å². The Balaban J connectivity index is 1.40. The molecule has 9 nitrogen and oxygen atoms in total. The predicted octanol–water partition coefficient (Wildman–Crippen LogP) is 5.09. The molecule has 9 heteroatoms. The van der Waals surface area contributed by atoms with Crippen molar-refractivity contribution in [3.63, 3.8) is 0 Å². The first kappa shape index (κ1) is 29.5. The van der Waals surface area contributed by atoms with Gasteiger partial charge >= 0.3 is 0 Å². The average Bonchev–Trinajstić information content (AvgIpc) is 3.36. The van der Waals surface area contributed by atoms with E-state index < -0.39 is 0 Å². The molecule has 2 N–H and O–H groups in total. The molecule has 0 bridgehead atoms. The molecule has 0 atom stereocenters. The van der Waals surface area contributed by atoms with E-state index in [1.807, 2.05) is 36.0 Å². The van der Waals surface area contributed by atoms with Gasteiger partial charge in [-0.2, -0.15) is 5.10 Å². The van der Waals surface area contributed by atoms with Gasteiger partial charge in [-0.15, -0.1) is 0 Å². The number of hydrogen-bond donors (Lipinski definition) is 2. The second-order valence-corrected chi connectivity index (χ2v) is 11.9. The third-order valence-corrected chi connectivity index (χ3v) is 8.17. The molecule has 1 aromatic carbocycles. The number of aromatic amines is 1. The van der Waals surface area contributed by atoms with Crippen molar-refractivity contribution >= 4 is 22.6 Å². The van der Waals surface area contributed by atoms with Crippen LogP contribution in [0.3, 0.4) is 0 Å². The van der Waals surface area contributed by atoms with Gasteiger partial charge in [0.05, 0.1) is 5.52 Å². The van der Waals surface area contributed by atoms with Gasteiger partial charge in [0.25, 0.3) is 11.5 Å². The maximum Gasteiger partial charge on any atom is 0.272 e. The fraction of sp³-hybridized carbons (Fsp3) is 0.455. The number of nitrogens with one attached hydrogen (secondary N) is 2. The molecule has 5 rings (SSSR count). The summed E-state index contributed by atoms with van der Waals surface area (Å²) in [5.74, 6) is 0.692. The second kappa shape index (κ2) is 12.5. The molecule has 3 aromatic heterocycles. The third kappa shape index (κ3) is 6.11. The number of anilines is 1. The lowest BCUT2D eigenvalue weighted by molar-refractivity contribution is 0.0946. The van der Waals surface area contributed by atoms with E-state index in [1.54, 1.807) is 0 Å². The Morgan fingerprint density at radius 1 is 1.00 bits per heavy atom. The Hall–Kier alpha value is -3.98. The largest absolute Gasteiger partial charge is 0.354 e. The summed E-state index contributed by atoms with van der Waals surface area (Å²) in [6.45, 7) is 16.7. The van der Waals surface area contributed by atoms with E-state index >= 15 is 0 Å². The summed E-state index contributed by atoms with van der Waals surface area (Å²) in [5.41, 5.74) is 5.45. The quantitative estimate of drug-likeness (QED) is 0.291. The molecule has 0 saturated carbocycles. The van der Waals surface area contributed by atoms with Gasteiger partial charge in [-0.25, -0.2) is 4.98 Å². The molecule has 222 valence electrons. The molecule has 0 aliphatic carbocycles. The van der Waals surface area contributed by atoms with Crippen LogP contribution in [0, 0.1) is 6.92 Å². The molecule has 0 unspecified atom stereocenters. The van der Waals surface area contributed by atoms with Crippen LogP contribution >= 0.6 is 0 Å². The summed E-state index contributed by atoms with van der Waals surface area (Å²) >= 11 is 0. The van der Waals surface area contributed by atoms with E-state index in [0.29, 0.717) is 17.3 Å². The third-order valence-electron chi connectivity index (χ3n) is 8.17. The van der Waals surface area contributed by atoms with Crippen molar-refractivity contribution in [2.75, 3.05) is 31.1 Å². The molecule has 4 aromatic rings. The molecule has 1 amide bonds. The van der Waals surface area contributed by atoms with Crippen molar-refractivity contribution in [3.8, 4) is 11.1 Å². The molecule has 4 heterocycles. The van der Waals surface area contributed by atoms with Crippen LogP contribution in [0.25, 0.3) is 22.0 Å². The molecule has 1 aliphatic heterocycles. The number of amides is 1. The van der Waals surface area contributed by atoms with Gasteiger partial charge in [0, 0.05) is 73.2 Å². The lowest BCUT2D eigenvalue weighted by Crippen LogP contribution is -2.49. The first-order valence-electron chi connectivity index (χ1n) is 15.1. The van der Waals surface area contributed by atoms with Crippen LogP contribution < -0.4 is 15.8 Å². The Kier molecular flexibility index (Phi) is 8.77. The lowest BCUT2D eigenvalue weighted by Gasteiger charge is -2.37. The summed E-state index contributed by atoms with van der Waals surface area (Å²) in [7, 11) is 0. The first-order chi connectivity index (χ1) is 20.2. The van der Waals surface area contributed by atoms with Crippen LogP contribution in [0.4, 0.5) is 5.82 Å². The number of carbonyl (C=O) groups excluding carboxylic acids is 1. The predicted molar refractivity (Wildman–Crippen MR) is 169 cm³/mol. The maximum absolute atomic E-state index is 13.5. The highest BCUT2D eigenvalue weighted by atomic mass is 16.2. The zero-order chi connectivity index (χ0) is 30.0. The van der Waals surface area contributed by atoms with E-state index in [2.05, 4.69) is 72.9 Å². The number of benzene rings is 1. The Bertz CT molecular complexity index is 1610. The van der Waals surface area contributed by atoms with Crippen LogP contribution in [0.2, 0.25) is 0 Å². The van der Waals surface area contributed by atoms with Crippen LogP contribution in [0.5, 0.6) is 0 Å². The van der Waals surface area contributed by atoms with Gasteiger partial charge < -0.3 is 15.2 Å². The number of piperazine rings is 1. The van der Waals surface area contributed by atoms with E-state index in [-0.39, 0.29) is 24.1 Å². The lowest BCUT2D eigenvalue weighted by atomic mass is 10.0. The minimum Gasteiger partial charge on any atom is -0.354 e. The van der Waals surface area contributed by atoms with E-state index in [1.165, 1.54) is 0 Å². The summed E-state index contributed by atoms with van der Waals surface area (Å²) in [5, 5.41) is 8.47. The van der Waals surface area contributed by atoms with Crippen molar-refractivity contribution in [1.29, 1.82) is 0 Å². The molecular weight excluding hydrogens is 526 g/mol. The standard InChI is InChI=1S/C33H43N7O2/c1-7-8-25-17-23(6)36-32(41)28(25)20-35-33(42)31-27-18-24(9-11-29(27)40(37-31)22(4)5)26-10-12-30(34-19-26)39-15-13-38(14-16-39)21(2)3/h9-12,17-19,21-22H,7-8,13-16,20H2,1-6H3,(H,35,42)(H,36,41). The average molecular weight is 570 g/mol. The number of pyridine rings is 2. The van der Waals surface area contributed by atoms with Gasteiger partial charge in [0.1, 0.15) is 5.82 Å². The number of carbonyl (C=O) groups is 1. The van der Waals surface area contributed by atoms with Crippen molar-refractivity contribution in [1.82, 2.24) is 30.0 Å². The number of H-pyrrole nitrogens is 1. The van der Waals surface area contributed by atoms with Crippen molar-refractivity contribution in [3.05, 3.63) is 75.5 Å². The van der Waals surface area contributed by atoms with Crippen molar-refractivity contribution in [2.24, 2.45) is 0 Å². The Labute approximate surface area is 247 Å². The van der Waals surface area contributed by atoms with Gasteiger partial charge in [-0.1, -0.05) is 19.4 Å². The normalized spacial score (nSPS) is 14.3. The summed E-state index contributed by atoms with van der Waals surface area (Å²) in [6, 6.07) is 12.9. The topological polar surface area (TPSA) is 99.1 Å². The van der Waals surface area contributed by atoms with Crippen LogP contribution in [-0.2, 0) is 13.0 Å². The fourth-order valence-corrected chi connectivity index (χ4v) is 5.82. The van der Waals surface area contributed by atoms with Crippen molar-refractivity contribution in [2.45, 2.75) is 73.0 Å². The van der Waals surface area contributed by atoms with Crippen molar-refractivity contribution < 1.29 is 4.79 Å². The zero-order valence-corrected chi connectivity index (χ0v) is 25.7. The highest BCUT2D eigenvalue weighted by Crippen LogP contribution is 2.29. The molecule has 1 aliphatic rings. The molecule has 1 fully saturated rings. The summed E-state index contributed by atoms with van der Waals surface area (Å²) in [4.78, 5) is 38.7. The van der Waals surface area contributed by atoms with E-state index in [4.69, 9.17) is 10.1 Å². The number of rotatable bonds is 9. The van der Waals surface area contributed by atoms with Crippen LogP contribution in [0.15, 0.2) is 47.4 Å². The fourth-order valence-electron chi connectivity index (χ4n) is 5.82. The number of nitrogens with zero attached hydrogens (tertiary/aromatic N) is 5. The SMILES string of the molecule is CCCc1cc(C)[nH]c(=O)c1CNC(=O)c1nn(C(C)C)c2ccc(-c3ccc(N4CCN(C(C)C)CC4)nc3)cc12.